The van der Waals surface area contributed by atoms with E-state index in [1.165, 1.54) is 13.4 Å². The van der Waals surface area contributed by atoms with Crippen molar-refractivity contribution in [3.8, 4) is 5.75 Å². The molecule has 0 radical (unpaired) electrons. The van der Waals surface area contributed by atoms with E-state index in [-0.39, 0.29) is 6.61 Å². The Labute approximate surface area is 113 Å². The summed E-state index contributed by atoms with van der Waals surface area (Å²) in [5.74, 6) is 1.47. The molecule has 0 aliphatic carbocycles. The van der Waals surface area contributed by atoms with E-state index in [0.717, 1.165) is 25.8 Å². The maximum atomic E-state index is 9.01. The number of nitrogens with zero attached hydrogens (tertiary/aromatic N) is 2. The van der Waals surface area contributed by atoms with Crippen LogP contribution in [0.2, 0.25) is 5.15 Å². The van der Waals surface area contributed by atoms with Crippen molar-refractivity contribution in [2.24, 2.45) is 5.92 Å². The summed E-state index contributed by atoms with van der Waals surface area (Å²) in [6.07, 6.45) is 4.33. The molecule has 2 N–H and O–H groups in total. The highest BCUT2D eigenvalue weighted by Crippen LogP contribution is 2.28. The first-order valence-electron chi connectivity index (χ1n) is 6.12. The zero-order valence-electron chi connectivity index (χ0n) is 10.8. The van der Waals surface area contributed by atoms with Gasteiger partial charge in [0.2, 0.25) is 0 Å². The smallest absolute Gasteiger partial charge is 0.198 e. The van der Waals surface area contributed by atoms with Crippen LogP contribution < -0.4 is 10.1 Å². The number of halogens is 1. The SMILES string of the molecule is CCCC(CCO)CNc1ncnc(Cl)c1OC. The molecule has 0 aliphatic heterocycles. The molecule has 0 saturated heterocycles. The van der Waals surface area contributed by atoms with Crippen LogP contribution in [0, 0.1) is 5.92 Å². The summed E-state index contributed by atoms with van der Waals surface area (Å²) in [6.45, 7) is 3.07. The number of anilines is 1. The van der Waals surface area contributed by atoms with Gasteiger partial charge in [-0.15, -0.1) is 0 Å². The van der Waals surface area contributed by atoms with Gasteiger partial charge in [0, 0.05) is 13.2 Å². The molecule has 1 atom stereocenters. The fourth-order valence-electron chi connectivity index (χ4n) is 1.84. The zero-order chi connectivity index (χ0) is 13.4. The Bertz CT molecular complexity index is 357. The van der Waals surface area contributed by atoms with Crippen molar-refractivity contribution in [1.82, 2.24) is 9.97 Å². The molecule has 1 aromatic heterocycles. The molecule has 6 heteroatoms. The monoisotopic (exact) mass is 273 g/mol. The van der Waals surface area contributed by atoms with Crippen LogP contribution in [-0.2, 0) is 0 Å². The van der Waals surface area contributed by atoms with Gasteiger partial charge in [0.15, 0.2) is 16.7 Å². The van der Waals surface area contributed by atoms with Crippen LogP contribution in [0.5, 0.6) is 5.75 Å². The highest BCUT2D eigenvalue weighted by molar-refractivity contribution is 6.31. The first-order valence-corrected chi connectivity index (χ1v) is 6.49. The summed E-state index contributed by atoms with van der Waals surface area (Å²) in [6, 6.07) is 0. The van der Waals surface area contributed by atoms with Crippen LogP contribution in [-0.4, -0.2) is 35.3 Å². The number of ether oxygens (including phenoxy) is 1. The molecule has 0 bridgehead atoms. The van der Waals surface area contributed by atoms with Crippen LogP contribution >= 0.6 is 11.6 Å². The van der Waals surface area contributed by atoms with E-state index in [4.69, 9.17) is 21.4 Å². The largest absolute Gasteiger partial charge is 0.490 e. The van der Waals surface area contributed by atoms with Gasteiger partial charge >= 0.3 is 0 Å². The average Bonchev–Trinajstić information content (AvgIpc) is 2.36. The van der Waals surface area contributed by atoms with E-state index in [1.54, 1.807) is 0 Å². The van der Waals surface area contributed by atoms with Crippen LogP contribution in [0.25, 0.3) is 0 Å². The predicted octanol–water partition coefficient (Wildman–Crippen LogP) is 2.35. The normalized spacial score (nSPS) is 12.2. The third-order valence-electron chi connectivity index (χ3n) is 2.76. The van der Waals surface area contributed by atoms with Gasteiger partial charge in [-0.3, -0.25) is 0 Å². The highest BCUT2D eigenvalue weighted by Gasteiger charge is 2.12. The maximum Gasteiger partial charge on any atom is 0.198 e. The Kier molecular flexibility index (Phi) is 6.75. The lowest BCUT2D eigenvalue weighted by Gasteiger charge is -2.17. The molecule has 0 saturated carbocycles. The van der Waals surface area contributed by atoms with Gasteiger partial charge in [0.05, 0.1) is 7.11 Å². The Hall–Kier alpha value is -1.07. The van der Waals surface area contributed by atoms with Crippen molar-refractivity contribution in [2.75, 3.05) is 25.6 Å². The first kappa shape index (κ1) is 15.0. The zero-order valence-corrected chi connectivity index (χ0v) is 11.6. The summed E-state index contributed by atoms with van der Waals surface area (Å²) in [5.41, 5.74) is 0. The van der Waals surface area contributed by atoms with Gasteiger partial charge in [0.1, 0.15) is 6.33 Å². The van der Waals surface area contributed by atoms with Crippen molar-refractivity contribution >= 4 is 17.4 Å². The van der Waals surface area contributed by atoms with Crippen LogP contribution in [0.3, 0.4) is 0 Å². The number of nitrogens with one attached hydrogen (secondary N) is 1. The highest BCUT2D eigenvalue weighted by atomic mass is 35.5. The number of rotatable bonds is 8. The van der Waals surface area contributed by atoms with Crippen molar-refractivity contribution in [3.63, 3.8) is 0 Å². The molecule has 0 aliphatic rings. The third-order valence-corrected chi connectivity index (χ3v) is 3.03. The average molecular weight is 274 g/mol. The molecule has 0 spiro atoms. The minimum Gasteiger partial charge on any atom is -0.490 e. The molecule has 1 rings (SSSR count). The summed E-state index contributed by atoms with van der Waals surface area (Å²) in [4.78, 5) is 7.97. The molecule has 102 valence electrons. The van der Waals surface area contributed by atoms with E-state index in [9.17, 15) is 0 Å². The predicted molar refractivity (Wildman–Crippen MR) is 72.2 cm³/mol. The Morgan fingerprint density at radius 1 is 1.44 bits per heavy atom. The number of hydrogen-bond donors (Lipinski definition) is 2. The van der Waals surface area contributed by atoms with Crippen molar-refractivity contribution < 1.29 is 9.84 Å². The van der Waals surface area contributed by atoms with Gasteiger partial charge < -0.3 is 15.2 Å². The second-order valence-electron chi connectivity index (χ2n) is 4.09. The second kappa shape index (κ2) is 8.11. The van der Waals surface area contributed by atoms with E-state index < -0.39 is 0 Å². The fourth-order valence-corrected chi connectivity index (χ4v) is 2.05. The third kappa shape index (κ3) is 4.31. The molecule has 0 amide bonds. The molecule has 5 nitrogen and oxygen atoms in total. The molecule has 1 unspecified atom stereocenters. The van der Waals surface area contributed by atoms with Crippen LogP contribution in [0.15, 0.2) is 6.33 Å². The molecular formula is C12H20ClN3O2. The molecule has 0 aromatic carbocycles. The van der Waals surface area contributed by atoms with Gasteiger partial charge in [-0.05, 0) is 18.8 Å². The number of aliphatic hydroxyl groups excluding tert-OH is 1. The summed E-state index contributed by atoms with van der Waals surface area (Å²) >= 11 is 5.91. The van der Waals surface area contributed by atoms with Gasteiger partial charge in [-0.25, -0.2) is 9.97 Å². The summed E-state index contributed by atoms with van der Waals surface area (Å²) in [7, 11) is 1.53. The molecule has 1 heterocycles. The van der Waals surface area contributed by atoms with Crippen molar-refractivity contribution in [2.45, 2.75) is 26.2 Å². The Balaban J connectivity index is 2.63. The number of hydrogen-bond acceptors (Lipinski definition) is 5. The minimum absolute atomic E-state index is 0.202. The summed E-state index contributed by atoms with van der Waals surface area (Å²) in [5, 5.41) is 12.5. The van der Waals surface area contributed by atoms with Crippen LogP contribution in [0.1, 0.15) is 26.2 Å². The molecule has 1 aromatic rings. The topological polar surface area (TPSA) is 67.3 Å². The fraction of sp³-hybridized carbons (Fsp3) is 0.667. The van der Waals surface area contributed by atoms with E-state index in [1.807, 2.05) is 0 Å². The second-order valence-corrected chi connectivity index (χ2v) is 4.45. The lowest BCUT2D eigenvalue weighted by molar-refractivity contribution is 0.255. The molecule has 18 heavy (non-hydrogen) atoms. The van der Waals surface area contributed by atoms with Crippen molar-refractivity contribution in [3.05, 3.63) is 11.5 Å². The van der Waals surface area contributed by atoms with E-state index in [2.05, 4.69) is 22.2 Å². The molecular weight excluding hydrogens is 254 g/mol. The Morgan fingerprint density at radius 2 is 2.22 bits per heavy atom. The maximum absolute atomic E-state index is 9.01. The summed E-state index contributed by atoms with van der Waals surface area (Å²) < 4.78 is 5.16. The standard InChI is InChI=1S/C12H20ClN3O2/c1-3-4-9(5-6-17)7-14-12-10(18-2)11(13)15-8-16-12/h8-9,17H,3-7H2,1-2H3,(H,14,15,16). The Morgan fingerprint density at radius 3 is 2.83 bits per heavy atom. The van der Waals surface area contributed by atoms with Gasteiger partial charge in [-0.2, -0.15) is 0 Å². The quantitative estimate of drug-likeness (QED) is 0.712. The van der Waals surface area contributed by atoms with Gasteiger partial charge in [0.25, 0.3) is 0 Å². The van der Waals surface area contributed by atoms with Crippen molar-refractivity contribution in [1.29, 1.82) is 0 Å². The lowest BCUT2D eigenvalue weighted by atomic mass is 10.0. The number of methoxy groups -OCH3 is 1. The number of aliphatic hydroxyl groups is 1. The number of aromatic nitrogens is 2. The minimum atomic E-state index is 0.202. The van der Waals surface area contributed by atoms with Crippen LogP contribution in [0.4, 0.5) is 5.82 Å². The molecule has 0 fully saturated rings. The van der Waals surface area contributed by atoms with Gasteiger partial charge in [-0.1, -0.05) is 24.9 Å². The first-order chi connectivity index (χ1) is 8.72. The lowest BCUT2D eigenvalue weighted by Crippen LogP contribution is -2.17. The van der Waals surface area contributed by atoms with E-state index in [0.29, 0.717) is 22.6 Å². The van der Waals surface area contributed by atoms with E-state index >= 15 is 0 Å².